The van der Waals surface area contributed by atoms with Gasteiger partial charge in [0.1, 0.15) is 0 Å². The first-order valence-corrected chi connectivity index (χ1v) is 5.82. The topological polar surface area (TPSA) is 47.3 Å². The van der Waals surface area contributed by atoms with E-state index in [4.69, 9.17) is 10.5 Å². The highest BCUT2D eigenvalue weighted by atomic mass is 16.5. The molecule has 0 bridgehead atoms. The zero-order valence-electron chi connectivity index (χ0n) is 9.99. The summed E-state index contributed by atoms with van der Waals surface area (Å²) in [6.45, 7) is 6.62. The van der Waals surface area contributed by atoms with Gasteiger partial charge in [-0.3, -0.25) is 0 Å². The van der Waals surface area contributed by atoms with Crippen molar-refractivity contribution in [1.29, 1.82) is 0 Å². The van der Waals surface area contributed by atoms with Crippen molar-refractivity contribution < 1.29 is 4.74 Å². The van der Waals surface area contributed by atoms with E-state index in [1.165, 1.54) is 16.7 Å². The van der Waals surface area contributed by atoms with Crippen LogP contribution in [-0.4, -0.2) is 25.8 Å². The molecule has 2 rings (SSSR count). The highest BCUT2D eigenvalue weighted by molar-refractivity contribution is 5.32. The summed E-state index contributed by atoms with van der Waals surface area (Å²) >= 11 is 0. The Labute approximate surface area is 97.0 Å². The molecule has 0 spiro atoms. The van der Waals surface area contributed by atoms with Gasteiger partial charge in [0.25, 0.3) is 0 Å². The first kappa shape index (κ1) is 11.6. The van der Waals surface area contributed by atoms with Crippen LogP contribution in [0.1, 0.15) is 22.7 Å². The molecule has 1 fully saturated rings. The number of aryl methyl sites for hydroxylation is 2. The Morgan fingerprint density at radius 1 is 1.38 bits per heavy atom. The lowest BCUT2D eigenvalue weighted by molar-refractivity contribution is 0.0685. The van der Waals surface area contributed by atoms with E-state index in [0.29, 0.717) is 6.61 Å². The fraction of sp³-hybridized carbons (Fsp3) is 0.538. The van der Waals surface area contributed by atoms with Crippen LogP contribution in [0, 0.1) is 13.8 Å². The molecule has 16 heavy (non-hydrogen) atoms. The number of benzene rings is 1. The maximum absolute atomic E-state index is 6.25. The van der Waals surface area contributed by atoms with E-state index >= 15 is 0 Å². The van der Waals surface area contributed by atoms with Gasteiger partial charge in [-0.2, -0.15) is 0 Å². The minimum atomic E-state index is 0.0135. The molecule has 1 saturated heterocycles. The van der Waals surface area contributed by atoms with Gasteiger partial charge < -0.3 is 15.8 Å². The largest absolute Gasteiger partial charge is 0.378 e. The molecule has 3 N–H and O–H groups in total. The molecule has 1 aliphatic rings. The molecule has 3 heteroatoms. The van der Waals surface area contributed by atoms with Crippen LogP contribution in [0.5, 0.6) is 0 Å². The molecule has 1 aromatic carbocycles. The zero-order valence-corrected chi connectivity index (χ0v) is 9.99. The highest BCUT2D eigenvalue weighted by Crippen LogP contribution is 2.19. The Hall–Kier alpha value is -0.900. The first-order chi connectivity index (χ1) is 7.68. The lowest BCUT2D eigenvalue weighted by Gasteiger charge is -2.29. The minimum Gasteiger partial charge on any atom is -0.378 e. The van der Waals surface area contributed by atoms with Gasteiger partial charge in [-0.15, -0.1) is 0 Å². The third-order valence-corrected chi connectivity index (χ3v) is 3.30. The molecule has 2 atom stereocenters. The molecule has 0 amide bonds. The number of nitrogens with one attached hydrogen (secondary N) is 1. The van der Waals surface area contributed by atoms with Gasteiger partial charge in [-0.1, -0.05) is 18.2 Å². The molecule has 0 aromatic heterocycles. The maximum atomic E-state index is 6.25. The summed E-state index contributed by atoms with van der Waals surface area (Å²) in [6, 6.07) is 6.67. The predicted octanol–water partition coefficient (Wildman–Crippen LogP) is 1.29. The third-order valence-electron chi connectivity index (χ3n) is 3.30. The Morgan fingerprint density at radius 3 is 2.81 bits per heavy atom. The minimum absolute atomic E-state index is 0.0135. The van der Waals surface area contributed by atoms with E-state index < -0.39 is 0 Å². The van der Waals surface area contributed by atoms with Crippen LogP contribution < -0.4 is 11.1 Å². The maximum Gasteiger partial charge on any atom is 0.0638 e. The molecular formula is C13H20N2O. The highest BCUT2D eigenvalue weighted by Gasteiger charge is 2.21. The molecule has 0 aliphatic carbocycles. The quantitative estimate of drug-likeness (QED) is 0.789. The molecule has 3 nitrogen and oxygen atoms in total. The van der Waals surface area contributed by atoms with E-state index in [-0.39, 0.29) is 12.1 Å². The van der Waals surface area contributed by atoms with Gasteiger partial charge in [0.05, 0.1) is 13.2 Å². The molecule has 0 radical (unpaired) electrons. The second kappa shape index (κ2) is 4.95. The van der Waals surface area contributed by atoms with Gasteiger partial charge >= 0.3 is 0 Å². The van der Waals surface area contributed by atoms with Gasteiger partial charge in [0.2, 0.25) is 0 Å². The molecular weight excluding hydrogens is 200 g/mol. The number of rotatable bonds is 2. The van der Waals surface area contributed by atoms with Crippen molar-refractivity contribution in [2.75, 3.05) is 19.8 Å². The Bertz CT molecular complexity index is 359. The second-order valence-corrected chi connectivity index (χ2v) is 4.51. The SMILES string of the molecule is Cc1ccc(C(N)C2COCCN2)cc1C. The third kappa shape index (κ3) is 2.43. The van der Waals surface area contributed by atoms with E-state index in [9.17, 15) is 0 Å². The van der Waals surface area contributed by atoms with E-state index in [1.807, 2.05) is 0 Å². The predicted molar refractivity (Wildman–Crippen MR) is 65.5 cm³/mol. The number of hydrogen-bond acceptors (Lipinski definition) is 3. The van der Waals surface area contributed by atoms with Crippen molar-refractivity contribution in [1.82, 2.24) is 5.32 Å². The average Bonchev–Trinajstić information content (AvgIpc) is 2.33. The van der Waals surface area contributed by atoms with Crippen LogP contribution >= 0.6 is 0 Å². The van der Waals surface area contributed by atoms with Crippen LogP contribution in [0.15, 0.2) is 18.2 Å². The van der Waals surface area contributed by atoms with Crippen LogP contribution in [0.3, 0.4) is 0 Å². The fourth-order valence-electron chi connectivity index (χ4n) is 2.02. The average molecular weight is 220 g/mol. The standard InChI is InChI=1S/C13H20N2O/c1-9-3-4-11(7-10(9)2)13(14)12-8-16-6-5-15-12/h3-4,7,12-13,15H,5-6,8,14H2,1-2H3. The van der Waals surface area contributed by atoms with E-state index in [2.05, 4.69) is 37.4 Å². The summed E-state index contributed by atoms with van der Waals surface area (Å²) in [6.07, 6.45) is 0. The van der Waals surface area contributed by atoms with Gasteiger partial charge in [0, 0.05) is 18.6 Å². The Morgan fingerprint density at radius 2 is 2.19 bits per heavy atom. The number of ether oxygens (including phenoxy) is 1. The van der Waals surface area contributed by atoms with Gasteiger partial charge in [0.15, 0.2) is 0 Å². The zero-order chi connectivity index (χ0) is 11.5. The summed E-state index contributed by atoms with van der Waals surface area (Å²) < 4.78 is 5.44. The van der Waals surface area contributed by atoms with Crippen molar-refractivity contribution in [2.45, 2.75) is 25.9 Å². The summed E-state index contributed by atoms with van der Waals surface area (Å²) in [7, 11) is 0. The number of hydrogen-bond donors (Lipinski definition) is 2. The Balaban J connectivity index is 2.12. The smallest absolute Gasteiger partial charge is 0.0638 e. The normalized spacial score (nSPS) is 23.1. The van der Waals surface area contributed by atoms with Crippen molar-refractivity contribution in [3.8, 4) is 0 Å². The summed E-state index contributed by atoms with van der Waals surface area (Å²) in [4.78, 5) is 0. The second-order valence-electron chi connectivity index (χ2n) is 4.51. The Kier molecular flexibility index (Phi) is 3.59. The molecule has 1 heterocycles. The van der Waals surface area contributed by atoms with Crippen LogP contribution in [0.4, 0.5) is 0 Å². The number of nitrogens with two attached hydrogens (primary N) is 1. The van der Waals surface area contributed by atoms with Crippen molar-refractivity contribution in [2.24, 2.45) is 5.73 Å². The van der Waals surface area contributed by atoms with Crippen LogP contribution in [-0.2, 0) is 4.74 Å². The summed E-state index contributed by atoms with van der Waals surface area (Å²) in [5, 5.41) is 3.40. The van der Waals surface area contributed by atoms with E-state index in [0.717, 1.165) is 13.2 Å². The van der Waals surface area contributed by atoms with Gasteiger partial charge in [-0.25, -0.2) is 0 Å². The lowest BCUT2D eigenvalue weighted by Crippen LogP contribution is -2.47. The summed E-state index contributed by atoms with van der Waals surface area (Å²) in [5.41, 5.74) is 10.0. The first-order valence-electron chi connectivity index (χ1n) is 5.82. The van der Waals surface area contributed by atoms with Crippen LogP contribution in [0.25, 0.3) is 0 Å². The van der Waals surface area contributed by atoms with Gasteiger partial charge in [-0.05, 0) is 30.5 Å². The number of morpholine rings is 1. The fourth-order valence-corrected chi connectivity index (χ4v) is 2.02. The van der Waals surface area contributed by atoms with Crippen molar-refractivity contribution in [3.05, 3.63) is 34.9 Å². The monoisotopic (exact) mass is 220 g/mol. The van der Waals surface area contributed by atoms with E-state index in [1.54, 1.807) is 0 Å². The van der Waals surface area contributed by atoms with Crippen molar-refractivity contribution in [3.63, 3.8) is 0 Å². The molecule has 2 unspecified atom stereocenters. The molecule has 0 saturated carbocycles. The van der Waals surface area contributed by atoms with Crippen molar-refractivity contribution >= 4 is 0 Å². The van der Waals surface area contributed by atoms with Crippen LogP contribution in [0.2, 0.25) is 0 Å². The lowest BCUT2D eigenvalue weighted by atomic mass is 9.96. The molecule has 1 aromatic rings. The molecule has 88 valence electrons. The molecule has 1 aliphatic heterocycles. The summed E-state index contributed by atoms with van der Waals surface area (Å²) in [5.74, 6) is 0.